The number of nitrogens with zero attached hydrogens (tertiary/aromatic N) is 6. The number of Topliss-reactive ketones (excluding diaryl/α,β-unsaturated/α-hetero) is 1. The van der Waals surface area contributed by atoms with Crippen LogP contribution in [0.4, 0.5) is 24.0 Å². The van der Waals surface area contributed by atoms with Crippen LogP contribution in [0.25, 0.3) is 0 Å². The van der Waals surface area contributed by atoms with Crippen molar-refractivity contribution < 1.29 is 32.3 Å². The lowest BCUT2D eigenvalue weighted by Crippen LogP contribution is -2.49. The SMILES string of the molecule is CN1CCN(CC(=O)Nc2cc(C(=O)Cc3nnc(N4CCN(C(=O)C5CC5)CC4)s3)ccc2OC(F)(F)F)CC1. The smallest absolute Gasteiger partial charge is 0.404 e. The maximum Gasteiger partial charge on any atom is 0.573 e. The maximum absolute atomic E-state index is 13.1. The van der Waals surface area contributed by atoms with Gasteiger partial charge in [-0.15, -0.1) is 23.4 Å². The fourth-order valence-electron chi connectivity index (χ4n) is 4.80. The molecule has 0 unspecified atom stereocenters. The Bertz CT molecular complexity index is 1270. The molecule has 1 aromatic carbocycles. The van der Waals surface area contributed by atoms with E-state index in [0.29, 0.717) is 49.4 Å². The summed E-state index contributed by atoms with van der Waals surface area (Å²) in [5.74, 6) is -1.09. The second kappa shape index (κ2) is 12.3. The number of carbonyl (C=O) groups is 3. The number of anilines is 2. The number of benzene rings is 1. The molecular formula is C26H32F3N7O4S. The highest BCUT2D eigenvalue weighted by Crippen LogP contribution is 2.33. The van der Waals surface area contributed by atoms with E-state index in [4.69, 9.17) is 0 Å². The van der Waals surface area contributed by atoms with Gasteiger partial charge in [0, 0.05) is 63.8 Å². The van der Waals surface area contributed by atoms with Crippen molar-refractivity contribution in [2.24, 2.45) is 5.92 Å². The monoisotopic (exact) mass is 595 g/mol. The lowest BCUT2D eigenvalue weighted by atomic mass is 10.1. The summed E-state index contributed by atoms with van der Waals surface area (Å²) in [7, 11) is 1.98. The van der Waals surface area contributed by atoms with E-state index in [9.17, 15) is 27.6 Å². The fourth-order valence-corrected chi connectivity index (χ4v) is 5.69. The second-order valence-electron chi connectivity index (χ2n) is 10.6. The van der Waals surface area contributed by atoms with Gasteiger partial charge >= 0.3 is 6.36 Å². The molecule has 3 aliphatic rings. The van der Waals surface area contributed by atoms with Gasteiger partial charge < -0.3 is 24.8 Å². The van der Waals surface area contributed by atoms with E-state index >= 15 is 0 Å². The Balaban J connectivity index is 1.21. The molecule has 1 aliphatic carbocycles. The van der Waals surface area contributed by atoms with Crippen LogP contribution in [0.2, 0.25) is 0 Å². The van der Waals surface area contributed by atoms with Gasteiger partial charge in [-0.05, 0) is 38.1 Å². The van der Waals surface area contributed by atoms with Crippen LogP contribution in [0.5, 0.6) is 5.75 Å². The Morgan fingerprint density at radius 1 is 1.02 bits per heavy atom. The summed E-state index contributed by atoms with van der Waals surface area (Å²) < 4.78 is 43.2. The van der Waals surface area contributed by atoms with Gasteiger partial charge in [0.15, 0.2) is 11.5 Å². The number of halogens is 3. The highest BCUT2D eigenvalue weighted by atomic mass is 32.1. The van der Waals surface area contributed by atoms with Crippen LogP contribution in [0, 0.1) is 5.92 Å². The topological polar surface area (TPSA) is 111 Å². The van der Waals surface area contributed by atoms with E-state index in [0.717, 1.165) is 32.0 Å². The highest BCUT2D eigenvalue weighted by Gasteiger charge is 2.35. The molecular weight excluding hydrogens is 563 g/mol. The molecule has 1 aromatic heterocycles. The van der Waals surface area contributed by atoms with Crippen molar-refractivity contribution in [3.8, 4) is 5.75 Å². The normalized spacial score (nSPS) is 18.8. The molecule has 11 nitrogen and oxygen atoms in total. The molecule has 0 radical (unpaired) electrons. The largest absolute Gasteiger partial charge is 0.573 e. The van der Waals surface area contributed by atoms with Gasteiger partial charge in [0.25, 0.3) is 0 Å². The molecule has 222 valence electrons. The summed E-state index contributed by atoms with van der Waals surface area (Å²) in [6.07, 6.45) is -3.14. The van der Waals surface area contributed by atoms with Crippen LogP contribution < -0.4 is 15.0 Å². The number of hydrogen-bond acceptors (Lipinski definition) is 10. The summed E-state index contributed by atoms with van der Waals surface area (Å²) in [6, 6.07) is 3.46. The molecule has 3 heterocycles. The van der Waals surface area contributed by atoms with Gasteiger partial charge in [-0.25, -0.2) is 0 Å². The van der Waals surface area contributed by atoms with Crippen LogP contribution in [-0.2, 0) is 16.0 Å². The van der Waals surface area contributed by atoms with Crippen LogP contribution in [-0.4, -0.2) is 115 Å². The van der Waals surface area contributed by atoms with E-state index in [1.165, 1.54) is 23.5 Å². The average molecular weight is 596 g/mol. The van der Waals surface area contributed by atoms with Gasteiger partial charge in [-0.1, -0.05) is 11.3 Å². The zero-order valence-electron chi connectivity index (χ0n) is 22.7. The minimum atomic E-state index is -4.97. The number of rotatable bonds is 9. The lowest BCUT2D eigenvalue weighted by Gasteiger charge is -2.34. The maximum atomic E-state index is 13.1. The van der Waals surface area contributed by atoms with Gasteiger partial charge in [-0.3, -0.25) is 19.3 Å². The van der Waals surface area contributed by atoms with Gasteiger partial charge in [0.2, 0.25) is 16.9 Å². The first-order valence-electron chi connectivity index (χ1n) is 13.5. The van der Waals surface area contributed by atoms with E-state index in [2.05, 4.69) is 25.2 Å². The number of carbonyl (C=O) groups excluding carboxylic acids is 3. The summed E-state index contributed by atoms with van der Waals surface area (Å²) in [6.45, 7) is 5.36. The van der Waals surface area contributed by atoms with Gasteiger partial charge in [0.1, 0.15) is 5.01 Å². The van der Waals surface area contributed by atoms with Crippen molar-refractivity contribution in [3.05, 3.63) is 28.8 Å². The molecule has 1 saturated carbocycles. The lowest BCUT2D eigenvalue weighted by molar-refractivity contribution is -0.274. The minimum Gasteiger partial charge on any atom is -0.404 e. The molecule has 15 heteroatoms. The molecule has 1 N–H and O–H groups in total. The van der Waals surface area contributed by atoms with Crippen LogP contribution in [0.1, 0.15) is 28.2 Å². The zero-order valence-corrected chi connectivity index (χ0v) is 23.5. The van der Waals surface area contributed by atoms with Crippen LogP contribution >= 0.6 is 11.3 Å². The standard InChI is InChI=1S/C26H32F3N7O4S/c1-33-6-8-34(9-7-33)16-22(38)30-19-14-18(4-5-21(19)40-26(27,28)29)20(37)15-23-31-32-25(41-23)36-12-10-35(11-13-36)24(39)17-2-3-17/h4-5,14,17H,2-3,6-13,15-16H2,1H3,(H,30,38). The predicted molar refractivity (Wildman–Crippen MR) is 145 cm³/mol. The van der Waals surface area contributed by atoms with Crippen molar-refractivity contribution in [1.82, 2.24) is 24.9 Å². The number of aromatic nitrogens is 2. The zero-order chi connectivity index (χ0) is 29.1. The number of nitrogens with one attached hydrogen (secondary N) is 1. The van der Waals surface area contributed by atoms with Crippen molar-refractivity contribution in [3.63, 3.8) is 0 Å². The second-order valence-corrected chi connectivity index (χ2v) is 11.6. The third-order valence-corrected chi connectivity index (χ3v) is 8.30. The van der Waals surface area contributed by atoms with Gasteiger partial charge in [-0.2, -0.15) is 0 Å². The Morgan fingerprint density at radius 3 is 2.39 bits per heavy atom. The number of hydrogen-bond donors (Lipinski definition) is 1. The van der Waals surface area contributed by atoms with Crippen molar-refractivity contribution in [1.29, 1.82) is 0 Å². The molecule has 2 aliphatic heterocycles. The third kappa shape index (κ3) is 7.92. The summed E-state index contributed by atoms with van der Waals surface area (Å²) >= 11 is 1.26. The van der Waals surface area contributed by atoms with Gasteiger partial charge in [0.05, 0.1) is 18.7 Å². The Kier molecular flexibility index (Phi) is 8.75. The molecule has 3 fully saturated rings. The molecule has 0 bridgehead atoms. The number of amides is 2. The average Bonchev–Trinajstić information content (AvgIpc) is 3.68. The summed E-state index contributed by atoms with van der Waals surface area (Å²) in [4.78, 5) is 46.0. The number of ketones is 1. The van der Waals surface area contributed by atoms with Crippen molar-refractivity contribution in [2.75, 3.05) is 76.2 Å². The molecule has 0 spiro atoms. The summed E-state index contributed by atoms with van der Waals surface area (Å²) in [5, 5.41) is 11.9. The Morgan fingerprint density at radius 2 is 1.73 bits per heavy atom. The third-order valence-electron chi connectivity index (χ3n) is 7.32. The Labute approximate surface area is 239 Å². The first-order chi connectivity index (χ1) is 19.5. The fraction of sp³-hybridized carbons (Fsp3) is 0.577. The van der Waals surface area contributed by atoms with Crippen LogP contribution in [0.3, 0.4) is 0 Å². The molecule has 5 rings (SSSR count). The summed E-state index contributed by atoms with van der Waals surface area (Å²) in [5.41, 5.74) is -0.123. The quantitative estimate of drug-likeness (QED) is 0.436. The minimum absolute atomic E-state index is 0.00797. The number of likely N-dealkylation sites (N-methyl/N-ethyl adjacent to an activating group) is 1. The van der Waals surface area contributed by atoms with E-state index in [-0.39, 0.29) is 41.8 Å². The molecule has 2 amide bonds. The number of ether oxygens (including phenoxy) is 1. The molecule has 2 saturated heterocycles. The first kappa shape index (κ1) is 29.2. The molecule has 41 heavy (non-hydrogen) atoms. The molecule has 0 atom stereocenters. The van der Waals surface area contributed by atoms with Crippen molar-refractivity contribution >= 4 is 39.8 Å². The molecule has 2 aromatic rings. The predicted octanol–water partition coefficient (Wildman–Crippen LogP) is 2.11. The van der Waals surface area contributed by atoms with Crippen LogP contribution in [0.15, 0.2) is 18.2 Å². The number of alkyl halides is 3. The van der Waals surface area contributed by atoms with Crippen molar-refractivity contribution in [2.45, 2.75) is 25.6 Å². The van der Waals surface area contributed by atoms with E-state index < -0.39 is 18.0 Å². The number of piperazine rings is 2. The highest BCUT2D eigenvalue weighted by molar-refractivity contribution is 7.15. The van der Waals surface area contributed by atoms with E-state index in [1.54, 1.807) is 0 Å². The van der Waals surface area contributed by atoms with E-state index in [1.807, 2.05) is 21.7 Å². The first-order valence-corrected chi connectivity index (χ1v) is 14.4. The Hall–Kier alpha value is -3.30.